The highest BCUT2D eigenvalue weighted by atomic mass is 35.5. The smallest absolute Gasteiger partial charge is 0.239 e. The van der Waals surface area contributed by atoms with Gasteiger partial charge >= 0.3 is 0 Å². The van der Waals surface area contributed by atoms with Gasteiger partial charge in [0.2, 0.25) is 5.91 Å². The molecule has 0 saturated heterocycles. The number of nitrogens with two attached hydrogens (primary N) is 1. The van der Waals surface area contributed by atoms with Crippen LogP contribution in [0.15, 0.2) is 18.3 Å². The van der Waals surface area contributed by atoms with E-state index in [1.807, 2.05) is 0 Å². The van der Waals surface area contributed by atoms with Gasteiger partial charge in [-0.1, -0.05) is 11.6 Å². The molecule has 1 unspecified atom stereocenters. The van der Waals surface area contributed by atoms with Crippen LogP contribution in [0.4, 0.5) is 5.82 Å². The minimum atomic E-state index is -0.479. The largest absolute Gasteiger partial charge is 0.368 e. The Bertz CT molecular complexity index is 316. The fourth-order valence-corrected chi connectivity index (χ4v) is 0.944. The molecule has 1 aromatic heterocycles. The molecule has 4 nitrogen and oxygen atoms in total. The molecule has 1 aromatic rings. The van der Waals surface area contributed by atoms with E-state index in [4.69, 9.17) is 17.3 Å². The molecular formula is C8H10ClN3O. The Balaban J connectivity index is 2.74. The second kappa shape index (κ2) is 4.09. The van der Waals surface area contributed by atoms with Crippen LogP contribution in [0, 0.1) is 0 Å². The SMILES string of the molecule is CC(Nc1ncccc1Cl)C(N)=O. The van der Waals surface area contributed by atoms with Crippen molar-refractivity contribution in [1.29, 1.82) is 0 Å². The quantitative estimate of drug-likeness (QED) is 0.764. The molecule has 0 aliphatic carbocycles. The summed E-state index contributed by atoms with van der Waals surface area (Å²) in [5.74, 6) is 0.0252. The molecule has 3 N–H and O–H groups in total. The summed E-state index contributed by atoms with van der Waals surface area (Å²) in [6, 6.07) is 2.92. The van der Waals surface area contributed by atoms with Crippen LogP contribution in [-0.2, 0) is 4.79 Å². The molecule has 70 valence electrons. The van der Waals surface area contributed by atoms with E-state index < -0.39 is 11.9 Å². The number of primary amides is 1. The van der Waals surface area contributed by atoms with Crippen LogP contribution in [0.5, 0.6) is 0 Å². The zero-order chi connectivity index (χ0) is 9.84. The number of carbonyl (C=O) groups excluding carboxylic acids is 1. The summed E-state index contributed by atoms with van der Waals surface area (Å²) in [5.41, 5.74) is 5.06. The molecule has 1 heterocycles. The summed E-state index contributed by atoms with van der Waals surface area (Å²) in [6.45, 7) is 1.65. The highest BCUT2D eigenvalue weighted by molar-refractivity contribution is 6.32. The van der Waals surface area contributed by atoms with Gasteiger partial charge < -0.3 is 11.1 Å². The summed E-state index contributed by atoms with van der Waals surface area (Å²) in [5, 5.41) is 3.26. The normalized spacial score (nSPS) is 12.2. The highest BCUT2D eigenvalue weighted by Crippen LogP contribution is 2.17. The Morgan fingerprint density at radius 3 is 3.00 bits per heavy atom. The van der Waals surface area contributed by atoms with Gasteiger partial charge in [-0.2, -0.15) is 0 Å². The Kier molecular flexibility index (Phi) is 3.08. The first-order valence-electron chi connectivity index (χ1n) is 3.77. The number of pyridine rings is 1. The lowest BCUT2D eigenvalue weighted by molar-refractivity contribution is -0.118. The summed E-state index contributed by atoms with van der Waals surface area (Å²) < 4.78 is 0. The number of carbonyl (C=O) groups is 1. The molecule has 0 aliphatic heterocycles. The minimum absolute atomic E-state index is 0.443. The molecular weight excluding hydrogens is 190 g/mol. The Hall–Kier alpha value is -1.29. The van der Waals surface area contributed by atoms with Gasteiger partial charge in [-0.05, 0) is 19.1 Å². The van der Waals surface area contributed by atoms with Crippen LogP contribution in [0.25, 0.3) is 0 Å². The molecule has 0 fully saturated rings. The zero-order valence-electron chi connectivity index (χ0n) is 7.12. The fraction of sp³-hybridized carbons (Fsp3) is 0.250. The van der Waals surface area contributed by atoms with E-state index in [0.29, 0.717) is 10.8 Å². The Morgan fingerprint density at radius 1 is 1.77 bits per heavy atom. The number of nitrogens with zero attached hydrogens (tertiary/aromatic N) is 1. The van der Waals surface area contributed by atoms with Crippen LogP contribution < -0.4 is 11.1 Å². The van der Waals surface area contributed by atoms with Crippen molar-refractivity contribution in [3.8, 4) is 0 Å². The number of amides is 1. The first-order chi connectivity index (χ1) is 6.11. The van der Waals surface area contributed by atoms with E-state index >= 15 is 0 Å². The van der Waals surface area contributed by atoms with Crippen molar-refractivity contribution in [2.45, 2.75) is 13.0 Å². The Labute approximate surface area is 81.1 Å². The number of rotatable bonds is 3. The number of hydrogen-bond acceptors (Lipinski definition) is 3. The molecule has 0 radical (unpaired) electrons. The predicted octanol–water partition coefficient (Wildman–Crippen LogP) is 1.02. The van der Waals surface area contributed by atoms with E-state index in [1.54, 1.807) is 25.3 Å². The second-order valence-corrected chi connectivity index (χ2v) is 3.01. The maximum absolute atomic E-state index is 10.7. The molecule has 0 aromatic carbocycles. The van der Waals surface area contributed by atoms with Crippen LogP contribution in [-0.4, -0.2) is 16.9 Å². The van der Waals surface area contributed by atoms with Crippen molar-refractivity contribution < 1.29 is 4.79 Å². The van der Waals surface area contributed by atoms with Gasteiger partial charge in [0.05, 0.1) is 5.02 Å². The summed E-state index contributed by atoms with van der Waals surface area (Å²) in [7, 11) is 0. The van der Waals surface area contributed by atoms with Gasteiger partial charge in [0, 0.05) is 6.20 Å². The van der Waals surface area contributed by atoms with Crippen molar-refractivity contribution in [2.75, 3.05) is 5.32 Å². The van der Waals surface area contributed by atoms with Gasteiger partial charge in [-0.3, -0.25) is 4.79 Å². The van der Waals surface area contributed by atoms with Crippen LogP contribution in [0.3, 0.4) is 0 Å². The summed E-state index contributed by atoms with van der Waals surface area (Å²) in [6.07, 6.45) is 1.59. The van der Waals surface area contributed by atoms with Gasteiger partial charge in [0.15, 0.2) is 0 Å². The predicted molar refractivity (Wildman–Crippen MR) is 51.5 cm³/mol. The number of hydrogen-bond donors (Lipinski definition) is 2. The number of anilines is 1. The van der Waals surface area contributed by atoms with E-state index in [1.165, 1.54) is 0 Å². The summed E-state index contributed by atoms with van der Waals surface area (Å²) in [4.78, 5) is 14.7. The maximum Gasteiger partial charge on any atom is 0.239 e. The molecule has 0 spiro atoms. The van der Waals surface area contributed by atoms with Gasteiger partial charge in [0.1, 0.15) is 11.9 Å². The van der Waals surface area contributed by atoms with Gasteiger partial charge in [-0.15, -0.1) is 0 Å². The van der Waals surface area contributed by atoms with Crippen molar-refractivity contribution in [3.05, 3.63) is 23.4 Å². The van der Waals surface area contributed by atoms with Crippen LogP contribution >= 0.6 is 11.6 Å². The molecule has 1 atom stereocenters. The zero-order valence-corrected chi connectivity index (χ0v) is 7.88. The monoisotopic (exact) mass is 199 g/mol. The number of aromatic nitrogens is 1. The molecule has 1 amide bonds. The second-order valence-electron chi connectivity index (χ2n) is 2.60. The van der Waals surface area contributed by atoms with E-state index in [9.17, 15) is 4.79 Å². The first-order valence-corrected chi connectivity index (χ1v) is 4.15. The van der Waals surface area contributed by atoms with E-state index in [2.05, 4.69) is 10.3 Å². The molecule has 0 bridgehead atoms. The molecule has 13 heavy (non-hydrogen) atoms. The van der Waals surface area contributed by atoms with Crippen molar-refractivity contribution in [3.63, 3.8) is 0 Å². The first kappa shape index (κ1) is 9.80. The highest BCUT2D eigenvalue weighted by Gasteiger charge is 2.09. The van der Waals surface area contributed by atoms with Gasteiger partial charge in [0.25, 0.3) is 0 Å². The maximum atomic E-state index is 10.7. The molecule has 0 aliphatic rings. The lowest BCUT2D eigenvalue weighted by Crippen LogP contribution is -2.32. The third kappa shape index (κ3) is 2.59. The summed E-state index contributed by atoms with van der Waals surface area (Å²) >= 11 is 5.80. The molecule has 0 saturated carbocycles. The average Bonchev–Trinajstić information content (AvgIpc) is 2.08. The van der Waals surface area contributed by atoms with Crippen molar-refractivity contribution >= 4 is 23.3 Å². The van der Waals surface area contributed by atoms with Crippen LogP contribution in [0.2, 0.25) is 5.02 Å². The van der Waals surface area contributed by atoms with Crippen molar-refractivity contribution in [1.82, 2.24) is 4.98 Å². The minimum Gasteiger partial charge on any atom is -0.368 e. The third-order valence-corrected chi connectivity index (χ3v) is 1.84. The Morgan fingerprint density at radius 2 is 2.46 bits per heavy atom. The lowest BCUT2D eigenvalue weighted by atomic mass is 10.3. The fourth-order valence-electron chi connectivity index (χ4n) is 0.768. The van der Waals surface area contributed by atoms with E-state index in [0.717, 1.165) is 0 Å². The number of halogens is 1. The third-order valence-electron chi connectivity index (χ3n) is 1.54. The van der Waals surface area contributed by atoms with Gasteiger partial charge in [-0.25, -0.2) is 4.98 Å². The standard InChI is InChI=1S/C8H10ClN3O/c1-5(7(10)13)12-8-6(9)3-2-4-11-8/h2-5H,1H3,(H2,10,13)(H,11,12). The van der Waals surface area contributed by atoms with Crippen molar-refractivity contribution in [2.24, 2.45) is 5.73 Å². The molecule has 1 rings (SSSR count). The topological polar surface area (TPSA) is 68.0 Å². The van der Waals surface area contributed by atoms with E-state index in [-0.39, 0.29) is 0 Å². The lowest BCUT2D eigenvalue weighted by Gasteiger charge is -2.11. The number of nitrogens with one attached hydrogen (secondary N) is 1. The average molecular weight is 200 g/mol. The van der Waals surface area contributed by atoms with Crippen LogP contribution in [0.1, 0.15) is 6.92 Å². The molecule has 5 heteroatoms.